The molecule has 10 heteroatoms. The standard InChI is InChI=1S/C26H28N6O4/c1-4-13-36-26(34)30-22-10-11-31(16-21(22)25(33)35-3)15-19-9-12-32-23(19)24(27-17-28-32)29-20-8-6-7-18(5-2)14-20/h2,4,6-9,12,14,17,21-22H,1,10-11,13,15-16H2,3H3,(H,30,34)(H,27,28,29)/t21-,22?/m1/s1. The predicted octanol–water partition coefficient (Wildman–Crippen LogP) is 2.73. The average Bonchev–Trinajstić information content (AvgIpc) is 3.31. The van der Waals surface area contributed by atoms with Gasteiger partial charge in [-0.25, -0.2) is 14.3 Å². The number of alkyl carbamates (subject to hydrolysis) is 1. The van der Waals surface area contributed by atoms with Gasteiger partial charge in [-0.15, -0.1) is 6.42 Å². The van der Waals surface area contributed by atoms with Crippen molar-refractivity contribution in [3.05, 3.63) is 66.6 Å². The third-order valence-corrected chi connectivity index (χ3v) is 6.06. The summed E-state index contributed by atoms with van der Waals surface area (Å²) in [4.78, 5) is 31.2. The normalized spacial score (nSPS) is 17.7. The molecule has 2 atom stereocenters. The SMILES string of the molecule is C#Cc1cccc(Nc2ncnn3ccc(CN4CCC(NC(=O)OCC=C)[C@H](C(=O)OC)C4)c23)c1. The molecule has 2 N–H and O–H groups in total. The van der Waals surface area contributed by atoms with E-state index in [1.807, 2.05) is 36.5 Å². The van der Waals surface area contributed by atoms with Crippen molar-refractivity contribution in [2.45, 2.75) is 19.0 Å². The number of hydrogen-bond donors (Lipinski definition) is 2. The summed E-state index contributed by atoms with van der Waals surface area (Å²) in [5.41, 5.74) is 3.40. The second-order valence-electron chi connectivity index (χ2n) is 8.38. The summed E-state index contributed by atoms with van der Waals surface area (Å²) in [6.45, 7) is 5.27. The van der Waals surface area contributed by atoms with Gasteiger partial charge in [0.2, 0.25) is 0 Å². The van der Waals surface area contributed by atoms with Crippen LogP contribution in [0.3, 0.4) is 0 Å². The van der Waals surface area contributed by atoms with Crippen LogP contribution in [0.1, 0.15) is 17.5 Å². The third-order valence-electron chi connectivity index (χ3n) is 6.06. The van der Waals surface area contributed by atoms with E-state index in [2.05, 4.69) is 38.1 Å². The van der Waals surface area contributed by atoms with Crippen LogP contribution in [0.25, 0.3) is 5.52 Å². The molecule has 10 nitrogen and oxygen atoms in total. The zero-order chi connectivity index (χ0) is 25.5. The number of amides is 1. The van der Waals surface area contributed by atoms with Gasteiger partial charge < -0.3 is 20.1 Å². The molecule has 36 heavy (non-hydrogen) atoms. The van der Waals surface area contributed by atoms with Gasteiger partial charge >= 0.3 is 12.1 Å². The molecule has 1 amide bonds. The molecule has 0 aliphatic carbocycles. The number of aromatic nitrogens is 3. The Kier molecular flexibility index (Phi) is 7.82. The van der Waals surface area contributed by atoms with Crippen LogP contribution >= 0.6 is 0 Å². The zero-order valence-electron chi connectivity index (χ0n) is 20.0. The van der Waals surface area contributed by atoms with Crippen LogP contribution in [0.5, 0.6) is 0 Å². The molecular formula is C26H28N6O4. The lowest BCUT2D eigenvalue weighted by Gasteiger charge is -2.37. The summed E-state index contributed by atoms with van der Waals surface area (Å²) in [7, 11) is 1.35. The number of piperidine rings is 1. The first-order chi connectivity index (χ1) is 17.5. The van der Waals surface area contributed by atoms with E-state index in [9.17, 15) is 9.59 Å². The molecule has 1 unspecified atom stereocenters. The Bertz CT molecular complexity index is 1300. The molecule has 0 bridgehead atoms. The number of carbonyl (C=O) groups is 2. The van der Waals surface area contributed by atoms with E-state index in [1.165, 1.54) is 19.5 Å². The summed E-state index contributed by atoms with van der Waals surface area (Å²) >= 11 is 0. The van der Waals surface area contributed by atoms with Gasteiger partial charge in [0.25, 0.3) is 0 Å². The van der Waals surface area contributed by atoms with Crippen LogP contribution in [-0.4, -0.2) is 64.4 Å². The third kappa shape index (κ3) is 5.64. The number of esters is 1. The lowest BCUT2D eigenvalue weighted by Crippen LogP contribution is -2.53. The number of likely N-dealkylation sites (tertiary alicyclic amines) is 1. The second kappa shape index (κ2) is 11.4. The zero-order valence-corrected chi connectivity index (χ0v) is 20.0. The highest BCUT2D eigenvalue weighted by atomic mass is 16.5. The number of fused-ring (bicyclic) bond motifs is 1. The largest absolute Gasteiger partial charge is 0.469 e. The summed E-state index contributed by atoms with van der Waals surface area (Å²) in [5.74, 6) is 2.36. The van der Waals surface area contributed by atoms with Crippen LogP contribution in [0.4, 0.5) is 16.3 Å². The van der Waals surface area contributed by atoms with Crippen molar-refractivity contribution in [1.82, 2.24) is 24.8 Å². The topological polar surface area (TPSA) is 110 Å². The van der Waals surface area contributed by atoms with Gasteiger partial charge in [-0.3, -0.25) is 9.69 Å². The molecule has 0 saturated carbocycles. The van der Waals surface area contributed by atoms with Crippen molar-refractivity contribution in [2.75, 3.05) is 32.1 Å². The molecule has 0 spiro atoms. The molecule has 3 aromatic rings. The summed E-state index contributed by atoms with van der Waals surface area (Å²) in [6.07, 6.45) is 10.4. The summed E-state index contributed by atoms with van der Waals surface area (Å²) in [6, 6.07) is 9.13. The number of nitrogens with one attached hydrogen (secondary N) is 2. The fourth-order valence-electron chi connectivity index (χ4n) is 4.36. The van der Waals surface area contributed by atoms with Gasteiger partial charge in [-0.2, -0.15) is 5.10 Å². The van der Waals surface area contributed by atoms with Gasteiger partial charge in [0.15, 0.2) is 5.82 Å². The van der Waals surface area contributed by atoms with E-state index >= 15 is 0 Å². The van der Waals surface area contributed by atoms with Crippen LogP contribution in [0.2, 0.25) is 0 Å². The average molecular weight is 489 g/mol. The molecule has 1 fully saturated rings. The molecular weight excluding hydrogens is 460 g/mol. The molecule has 0 radical (unpaired) electrons. The van der Waals surface area contributed by atoms with Gasteiger partial charge in [0, 0.05) is 43.1 Å². The number of hydrogen-bond acceptors (Lipinski definition) is 8. The van der Waals surface area contributed by atoms with Crippen molar-refractivity contribution >= 4 is 29.1 Å². The molecule has 4 rings (SSSR count). The van der Waals surface area contributed by atoms with Crippen molar-refractivity contribution in [3.63, 3.8) is 0 Å². The lowest BCUT2D eigenvalue weighted by atomic mass is 9.92. The highest BCUT2D eigenvalue weighted by molar-refractivity contribution is 5.77. The van der Waals surface area contributed by atoms with E-state index in [4.69, 9.17) is 15.9 Å². The maximum absolute atomic E-state index is 12.5. The van der Waals surface area contributed by atoms with Gasteiger partial charge in [0.05, 0.1) is 13.0 Å². The van der Waals surface area contributed by atoms with E-state index in [-0.39, 0.29) is 18.6 Å². The van der Waals surface area contributed by atoms with Crippen LogP contribution < -0.4 is 10.6 Å². The van der Waals surface area contributed by atoms with Crippen molar-refractivity contribution in [3.8, 4) is 12.3 Å². The monoisotopic (exact) mass is 488 g/mol. The number of terminal acetylenes is 1. The maximum atomic E-state index is 12.5. The number of methoxy groups -OCH3 is 1. The summed E-state index contributed by atoms with van der Waals surface area (Å²) in [5, 5.41) is 10.5. The number of rotatable bonds is 8. The second-order valence-corrected chi connectivity index (χ2v) is 8.38. The summed E-state index contributed by atoms with van der Waals surface area (Å²) < 4.78 is 11.8. The van der Waals surface area contributed by atoms with Crippen molar-refractivity contribution in [1.29, 1.82) is 0 Å². The van der Waals surface area contributed by atoms with Gasteiger partial charge in [0.1, 0.15) is 18.5 Å². The molecule has 1 aliphatic rings. The van der Waals surface area contributed by atoms with Gasteiger partial charge in [-0.1, -0.05) is 24.6 Å². The smallest absolute Gasteiger partial charge is 0.407 e. The number of anilines is 2. The quantitative estimate of drug-likeness (QED) is 0.283. The Hall–Kier alpha value is -4.36. The highest BCUT2D eigenvalue weighted by Crippen LogP contribution is 2.27. The Labute approximate surface area is 209 Å². The Morgan fingerprint density at radius 2 is 2.22 bits per heavy atom. The molecule has 2 aromatic heterocycles. The Balaban J connectivity index is 1.52. The van der Waals surface area contributed by atoms with Crippen molar-refractivity contribution < 1.29 is 19.1 Å². The minimum atomic E-state index is -0.581. The Morgan fingerprint density at radius 1 is 1.36 bits per heavy atom. The van der Waals surface area contributed by atoms with Crippen LogP contribution in [-0.2, 0) is 20.8 Å². The first-order valence-corrected chi connectivity index (χ1v) is 11.5. The van der Waals surface area contributed by atoms with E-state index in [1.54, 1.807) is 4.52 Å². The first kappa shape index (κ1) is 24.8. The fraction of sp³-hybridized carbons (Fsp3) is 0.308. The van der Waals surface area contributed by atoms with Crippen molar-refractivity contribution in [2.24, 2.45) is 5.92 Å². The molecule has 1 aliphatic heterocycles. The minimum Gasteiger partial charge on any atom is -0.469 e. The highest BCUT2D eigenvalue weighted by Gasteiger charge is 2.36. The minimum absolute atomic E-state index is 0.0980. The maximum Gasteiger partial charge on any atom is 0.407 e. The van der Waals surface area contributed by atoms with Gasteiger partial charge in [-0.05, 0) is 36.2 Å². The van der Waals surface area contributed by atoms with E-state index < -0.39 is 12.0 Å². The molecule has 3 heterocycles. The number of ether oxygens (including phenoxy) is 2. The molecule has 186 valence electrons. The Morgan fingerprint density at radius 3 is 3.00 bits per heavy atom. The number of benzene rings is 1. The molecule has 1 aromatic carbocycles. The first-order valence-electron chi connectivity index (χ1n) is 11.5. The van der Waals surface area contributed by atoms with E-state index in [0.717, 1.165) is 22.3 Å². The lowest BCUT2D eigenvalue weighted by molar-refractivity contribution is -0.148. The van der Waals surface area contributed by atoms with Crippen LogP contribution in [0, 0.1) is 18.3 Å². The number of nitrogens with zero attached hydrogens (tertiary/aromatic N) is 4. The predicted molar refractivity (Wildman–Crippen MR) is 135 cm³/mol. The van der Waals surface area contributed by atoms with Crippen LogP contribution in [0.15, 0.2) is 55.5 Å². The molecule has 1 saturated heterocycles. The number of carbonyl (C=O) groups excluding carboxylic acids is 2. The van der Waals surface area contributed by atoms with E-state index in [0.29, 0.717) is 31.9 Å². The fourth-order valence-corrected chi connectivity index (χ4v) is 4.36.